The van der Waals surface area contributed by atoms with Crippen LogP contribution in [0.3, 0.4) is 0 Å². The van der Waals surface area contributed by atoms with Crippen LogP contribution in [-0.4, -0.2) is 28.7 Å². The van der Waals surface area contributed by atoms with Crippen LogP contribution in [0.1, 0.15) is 5.56 Å². The number of amides is 1. The molecule has 0 fully saturated rings. The smallest absolute Gasteiger partial charge is 0.308 e. The van der Waals surface area contributed by atoms with E-state index in [0.717, 1.165) is 11.1 Å². The van der Waals surface area contributed by atoms with Crippen molar-refractivity contribution in [2.45, 2.75) is 13.0 Å². The largest absolute Gasteiger partial charge is 0.493 e. The quantitative estimate of drug-likeness (QED) is 0.698. The second-order valence-electron chi connectivity index (χ2n) is 5.72. The van der Waals surface area contributed by atoms with Crippen LogP contribution in [-0.2, 0) is 4.79 Å². The number of ether oxygens (including phenoxy) is 2. The zero-order valence-electron chi connectivity index (χ0n) is 13.4. The summed E-state index contributed by atoms with van der Waals surface area (Å²) >= 11 is 0. The van der Waals surface area contributed by atoms with Crippen LogP contribution in [0.15, 0.2) is 52.7 Å². The minimum absolute atomic E-state index is 0.0633. The lowest BCUT2D eigenvalue weighted by atomic mass is 10.1. The van der Waals surface area contributed by atoms with Crippen LogP contribution < -0.4 is 9.47 Å². The summed E-state index contributed by atoms with van der Waals surface area (Å²) < 4.78 is 11.1. The standard InChI is InChI=1S/C18H15N3O4/c1-10-5-4-6-11-15(10)19-18(23)16(11)20-21-17(22)14-9-24-12-7-2-3-8-13(12)25-14/h2-8,14,19,23H,9H2,1H3/t14-/m0/s1. The first-order chi connectivity index (χ1) is 12.1. The van der Waals surface area contributed by atoms with Crippen LogP contribution in [0, 0.1) is 6.92 Å². The van der Waals surface area contributed by atoms with Crippen LogP contribution in [0.4, 0.5) is 5.69 Å². The third-order valence-electron chi connectivity index (χ3n) is 4.03. The summed E-state index contributed by atoms with van der Waals surface area (Å²) in [4.78, 5) is 15.1. The zero-order chi connectivity index (χ0) is 17.4. The van der Waals surface area contributed by atoms with Gasteiger partial charge in [0.15, 0.2) is 17.2 Å². The van der Waals surface area contributed by atoms with E-state index in [9.17, 15) is 9.90 Å². The molecule has 0 radical (unpaired) electrons. The topological polar surface area (TPSA) is 96.3 Å². The highest BCUT2D eigenvalue weighted by atomic mass is 16.6. The molecule has 126 valence electrons. The number of carbonyl (C=O) groups excluding carboxylic acids is 1. The molecular weight excluding hydrogens is 322 g/mol. The molecule has 7 heteroatoms. The van der Waals surface area contributed by atoms with Crippen molar-refractivity contribution in [1.82, 2.24) is 4.98 Å². The molecule has 1 atom stereocenters. The Morgan fingerprint density at radius 1 is 1.20 bits per heavy atom. The van der Waals surface area contributed by atoms with Crippen molar-refractivity contribution < 1.29 is 19.4 Å². The molecule has 2 aromatic carbocycles. The molecule has 2 heterocycles. The molecule has 0 unspecified atom stereocenters. The Morgan fingerprint density at radius 2 is 2.00 bits per heavy atom. The summed E-state index contributed by atoms with van der Waals surface area (Å²) in [5.41, 5.74) is 1.94. The number of nitrogens with one attached hydrogen (secondary N) is 1. The first-order valence-corrected chi connectivity index (χ1v) is 7.78. The van der Waals surface area contributed by atoms with Gasteiger partial charge in [0, 0.05) is 5.39 Å². The van der Waals surface area contributed by atoms with E-state index in [1.807, 2.05) is 25.1 Å². The predicted molar refractivity (Wildman–Crippen MR) is 90.6 cm³/mol. The van der Waals surface area contributed by atoms with Gasteiger partial charge in [0.2, 0.25) is 12.0 Å². The van der Waals surface area contributed by atoms with Crippen LogP contribution >= 0.6 is 0 Å². The van der Waals surface area contributed by atoms with Crippen LogP contribution in [0.5, 0.6) is 17.4 Å². The number of aromatic amines is 1. The Labute approximate surface area is 142 Å². The van der Waals surface area contributed by atoms with Crippen molar-refractivity contribution in [3.05, 3.63) is 48.0 Å². The SMILES string of the molecule is Cc1cccc2c(N=NC(=O)[C@@H]3COc4ccccc4O3)c(O)[nH]c12. The fraction of sp³-hybridized carbons (Fsp3) is 0.167. The number of rotatable bonds is 2. The summed E-state index contributed by atoms with van der Waals surface area (Å²) in [6, 6.07) is 12.7. The first kappa shape index (κ1) is 15.2. The van der Waals surface area contributed by atoms with Crippen molar-refractivity contribution in [2.24, 2.45) is 10.2 Å². The van der Waals surface area contributed by atoms with E-state index >= 15 is 0 Å². The maximum atomic E-state index is 12.3. The number of azo groups is 1. The highest BCUT2D eigenvalue weighted by Crippen LogP contribution is 2.37. The number of hydrogen-bond donors (Lipinski definition) is 2. The van der Waals surface area contributed by atoms with Gasteiger partial charge >= 0.3 is 5.91 Å². The van der Waals surface area contributed by atoms with Gasteiger partial charge in [-0.15, -0.1) is 10.2 Å². The lowest BCUT2D eigenvalue weighted by Gasteiger charge is -2.23. The molecule has 1 aromatic heterocycles. The highest BCUT2D eigenvalue weighted by Gasteiger charge is 2.27. The van der Waals surface area contributed by atoms with Gasteiger partial charge in [0.1, 0.15) is 6.61 Å². The van der Waals surface area contributed by atoms with Gasteiger partial charge in [-0.2, -0.15) is 0 Å². The number of aromatic nitrogens is 1. The molecule has 1 aliphatic heterocycles. The fourth-order valence-electron chi connectivity index (χ4n) is 2.74. The van der Waals surface area contributed by atoms with Crippen LogP contribution in [0.2, 0.25) is 0 Å². The average molecular weight is 337 g/mol. The van der Waals surface area contributed by atoms with Gasteiger partial charge in [-0.25, -0.2) is 0 Å². The molecule has 4 rings (SSSR count). The van der Waals surface area contributed by atoms with E-state index in [1.54, 1.807) is 24.3 Å². The molecule has 0 spiro atoms. The van der Waals surface area contributed by atoms with E-state index in [4.69, 9.17) is 9.47 Å². The summed E-state index contributed by atoms with van der Waals surface area (Å²) in [5.74, 6) is 0.379. The lowest BCUT2D eigenvalue weighted by Crippen LogP contribution is -2.35. The van der Waals surface area contributed by atoms with Gasteiger partial charge in [-0.3, -0.25) is 4.79 Å². The molecule has 1 aliphatic rings. The summed E-state index contributed by atoms with van der Waals surface area (Å²) in [6.45, 7) is 1.98. The number of carbonyl (C=O) groups is 1. The Hall–Kier alpha value is -3.35. The molecule has 25 heavy (non-hydrogen) atoms. The summed E-state index contributed by atoms with van der Waals surface area (Å²) in [7, 11) is 0. The number of aryl methyl sites for hydroxylation is 1. The summed E-state index contributed by atoms with van der Waals surface area (Å²) in [6.07, 6.45) is -0.868. The number of fused-ring (bicyclic) bond motifs is 2. The summed E-state index contributed by atoms with van der Waals surface area (Å²) in [5, 5.41) is 18.4. The fourth-order valence-corrected chi connectivity index (χ4v) is 2.74. The molecule has 0 saturated carbocycles. The van der Waals surface area contributed by atoms with E-state index in [-0.39, 0.29) is 18.2 Å². The molecule has 0 bridgehead atoms. The van der Waals surface area contributed by atoms with Crippen LogP contribution in [0.25, 0.3) is 10.9 Å². The Balaban J connectivity index is 1.58. The van der Waals surface area contributed by atoms with Crippen molar-refractivity contribution in [1.29, 1.82) is 0 Å². The molecule has 0 aliphatic carbocycles. The number of aromatic hydroxyl groups is 1. The third-order valence-corrected chi connectivity index (χ3v) is 4.03. The Kier molecular flexibility index (Phi) is 3.61. The highest BCUT2D eigenvalue weighted by molar-refractivity contribution is 5.96. The number of para-hydroxylation sites is 3. The zero-order valence-corrected chi connectivity index (χ0v) is 13.4. The predicted octanol–water partition coefficient (Wildman–Crippen LogP) is 3.63. The minimum Gasteiger partial charge on any atom is -0.493 e. The Bertz CT molecular complexity index is 993. The van der Waals surface area contributed by atoms with Crippen molar-refractivity contribution in [3.63, 3.8) is 0 Å². The molecule has 1 amide bonds. The lowest BCUT2D eigenvalue weighted by molar-refractivity contribution is -0.127. The third kappa shape index (κ3) is 2.69. The normalized spacial score (nSPS) is 16.4. The molecule has 0 saturated heterocycles. The van der Waals surface area contributed by atoms with Gasteiger partial charge in [-0.1, -0.05) is 30.3 Å². The number of nitrogens with zero attached hydrogens (tertiary/aromatic N) is 2. The molecule has 2 N–H and O–H groups in total. The van der Waals surface area contributed by atoms with E-state index < -0.39 is 12.0 Å². The maximum absolute atomic E-state index is 12.3. The van der Waals surface area contributed by atoms with E-state index in [2.05, 4.69) is 15.2 Å². The van der Waals surface area contributed by atoms with Crippen molar-refractivity contribution in [3.8, 4) is 17.4 Å². The van der Waals surface area contributed by atoms with Crippen molar-refractivity contribution >= 4 is 22.5 Å². The maximum Gasteiger partial charge on any atom is 0.308 e. The Morgan fingerprint density at radius 3 is 2.84 bits per heavy atom. The molecule has 7 nitrogen and oxygen atoms in total. The number of benzene rings is 2. The number of hydrogen-bond acceptors (Lipinski definition) is 5. The molecular formula is C18H15N3O4. The van der Waals surface area contributed by atoms with Gasteiger partial charge in [-0.05, 0) is 24.6 Å². The molecule has 3 aromatic rings. The van der Waals surface area contributed by atoms with Crippen molar-refractivity contribution in [2.75, 3.05) is 6.61 Å². The second-order valence-corrected chi connectivity index (χ2v) is 5.72. The number of H-pyrrole nitrogens is 1. The van der Waals surface area contributed by atoms with Gasteiger partial charge in [0.05, 0.1) is 5.52 Å². The monoisotopic (exact) mass is 337 g/mol. The average Bonchev–Trinajstić information content (AvgIpc) is 2.96. The van der Waals surface area contributed by atoms with Gasteiger partial charge < -0.3 is 19.6 Å². The minimum atomic E-state index is -0.868. The van der Waals surface area contributed by atoms with E-state index in [1.165, 1.54) is 0 Å². The van der Waals surface area contributed by atoms with E-state index in [0.29, 0.717) is 16.9 Å². The second kappa shape index (κ2) is 5.94. The van der Waals surface area contributed by atoms with Gasteiger partial charge in [0.25, 0.3) is 0 Å². The first-order valence-electron chi connectivity index (χ1n) is 7.78.